The number of rotatable bonds is 2. The van der Waals surface area contributed by atoms with Crippen molar-refractivity contribution < 1.29 is 18.4 Å². The van der Waals surface area contributed by atoms with Crippen molar-refractivity contribution >= 4 is 21.9 Å². The molecule has 0 aliphatic carbocycles. The van der Waals surface area contributed by atoms with Gasteiger partial charge in [-0.1, -0.05) is 21.1 Å². The number of hydrogen-bond acceptors (Lipinski definition) is 4. The fourth-order valence-electron chi connectivity index (χ4n) is 1.60. The molecule has 4 nitrogen and oxygen atoms in total. The van der Waals surface area contributed by atoms with Crippen molar-refractivity contribution in [3.05, 3.63) is 39.8 Å². The molecule has 0 aliphatic rings. The van der Waals surface area contributed by atoms with Crippen molar-refractivity contribution in [3.8, 4) is 11.3 Å². The van der Waals surface area contributed by atoms with Crippen LogP contribution in [-0.4, -0.2) is 18.2 Å². The number of hydrogen-bond donors (Lipinski definition) is 0. The van der Waals surface area contributed by atoms with Crippen LogP contribution in [-0.2, 0) is 4.74 Å². The molecule has 0 aliphatic heterocycles. The number of ether oxygens (including phenoxy) is 1. The van der Waals surface area contributed by atoms with Crippen molar-refractivity contribution in [2.75, 3.05) is 7.11 Å². The first-order valence-corrected chi connectivity index (χ1v) is 5.83. The summed E-state index contributed by atoms with van der Waals surface area (Å²) < 4.78 is 23.5. The third-order valence-electron chi connectivity index (χ3n) is 2.39. The second-order valence-electron chi connectivity index (χ2n) is 3.61. The van der Waals surface area contributed by atoms with Gasteiger partial charge in [0, 0.05) is 10.0 Å². The Morgan fingerprint density at radius 1 is 1.44 bits per heavy atom. The average Bonchev–Trinajstić information content (AvgIpc) is 2.69. The van der Waals surface area contributed by atoms with E-state index in [0.717, 1.165) is 0 Å². The summed E-state index contributed by atoms with van der Waals surface area (Å²) in [5.74, 6) is -0.669. The van der Waals surface area contributed by atoms with E-state index in [-0.39, 0.29) is 11.3 Å². The quantitative estimate of drug-likeness (QED) is 0.798. The van der Waals surface area contributed by atoms with E-state index >= 15 is 0 Å². The van der Waals surface area contributed by atoms with E-state index in [2.05, 4.69) is 25.8 Å². The summed E-state index contributed by atoms with van der Waals surface area (Å²) in [6.45, 7) is 1.59. The van der Waals surface area contributed by atoms with Crippen LogP contribution in [0.2, 0.25) is 0 Å². The molecule has 0 unspecified atom stereocenters. The highest BCUT2D eigenvalue weighted by Crippen LogP contribution is 2.28. The van der Waals surface area contributed by atoms with Gasteiger partial charge in [0.1, 0.15) is 22.8 Å². The molecule has 0 fully saturated rings. The summed E-state index contributed by atoms with van der Waals surface area (Å²) in [6, 6.07) is 4.23. The van der Waals surface area contributed by atoms with Gasteiger partial charge in [-0.15, -0.1) is 0 Å². The minimum atomic E-state index is -0.566. The highest BCUT2D eigenvalue weighted by atomic mass is 79.9. The lowest BCUT2D eigenvalue weighted by Crippen LogP contribution is -2.03. The molecular formula is C12H9BrFNO3. The number of nitrogens with zero attached hydrogens (tertiary/aromatic N) is 1. The van der Waals surface area contributed by atoms with Gasteiger partial charge < -0.3 is 9.26 Å². The highest BCUT2D eigenvalue weighted by molar-refractivity contribution is 9.10. The molecule has 2 rings (SSSR count). The zero-order chi connectivity index (χ0) is 13.3. The lowest BCUT2D eigenvalue weighted by atomic mass is 10.1. The molecule has 1 aromatic carbocycles. The summed E-state index contributed by atoms with van der Waals surface area (Å²) >= 11 is 3.18. The summed E-state index contributed by atoms with van der Waals surface area (Å²) in [4.78, 5) is 11.6. The molecule has 0 N–H and O–H groups in total. The van der Waals surface area contributed by atoms with Gasteiger partial charge in [0.05, 0.1) is 7.11 Å². The maximum Gasteiger partial charge on any atom is 0.343 e. The fourth-order valence-corrected chi connectivity index (χ4v) is 2.07. The van der Waals surface area contributed by atoms with E-state index in [0.29, 0.717) is 15.8 Å². The standard InChI is InChI=1S/C12H9BrFNO3/c1-6-10(12(16)17-2)11(15-18-6)7-3-8(13)5-9(14)4-7/h3-5H,1-2H3. The lowest BCUT2D eigenvalue weighted by molar-refractivity contribution is 0.0599. The van der Waals surface area contributed by atoms with Crippen LogP contribution in [0.5, 0.6) is 0 Å². The van der Waals surface area contributed by atoms with Crippen molar-refractivity contribution in [1.29, 1.82) is 0 Å². The van der Waals surface area contributed by atoms with E-state index in [9.17, 15) is 9.18 Å². The van der Waals surface area contributed by atoms with Gasteiger partial charge in [-0.3, -0.25) is 0 Å². The molecule has 6 heteroatoms. The van der Waals surface area contributed by atoms with Crippen LogP contribution in [0.3, 0.4) is 0 Å². The Bertz CT molecular complexity index is 589. The Hall–Kier alpha value is -1.69. The Morgan fingerprint density at radius 2 is 2.17 bits per heavy atom. The Balaban J connectivity index is 2.61. The van der Waals surface area contributed by atoms with Crippen LogP contribution in [0.1, 0.15) is 16.1 Å². The normalized spacial score (nSPS) is 10.4. The number of carbonyl (C=O) groups excluding carboxylic acids is 1. The van der Waals surface area contributed by atoms with E-state index in [1.165, 1.54) is 19.2 Å². The van der Waals surface area contributed by atoms with Gasteiger partial charge >= 0.3 is 5.97 Å². The number of methoxy groups -OCH3 is 1. The predicted molar refractivity (Wildman–Crippen MR) is 65.7 cm³/mol. The number of benzene rings is 1. The van der Waals surface area contributed by atoms with Gasteiger partial charge in [-0.25, -0.2) is 9.18 Å². The number of esters is 1. The summed E-state index contributed by atoms with van der Waals surface area (Å²) in [5, 5.41) is 3.77. The zero-order valence-corrected chi connectivity index (χ0v) is 11.2. The Morgan fingerprint density at radius 3 is 2.78 bits per heavy atom. The zero-order valence-electron chi connectivity index (χ0n) is 9.66. The highest BCUT2D eigenvalue weighted by Gasteiger charge is 2.22. The van der Waals surface area contributed by atoms with Crippen LogP contribution in [0, 0.1) is 12.7 Å². The number of carbonyl (C=O) groups is 1. The first-order valence-electron chi connectivity index (χ1n) is 5.04. The first-order chi connectivity index (χ1) is 8.52. The van der Waals surface area contributed by atoms with Crippen molar-refractivity contribution in [1.82, 2.24) is 5.16 Å². The average molecular weight is 314 g/mol. The van der Waals surface area contributed by atoms with Gasteiger partial charge in [-0.2, -0.15) is 0 Å². The van der Waals surface area contributed by atoms with Gasteiger partial charge in [-0.05, 0) is 25.1 Å². The van der Waals surface area contributed by atoms with Gasteiger partial charge in [0.2, 0.25) is 0 Å². The van der Waals surface area contributed by atoms with Crippen LogP contribution in [0.4, 0.5) is 4.39 Å². The van der Waals surface area contributed by atoms with Crippen molar-refractivity contribution in [3.63, 3.8) is 0 Å². The van der Waals surface area contributed by atoms with E-state index in [1.54, 1.807) is 13.0 Å². The lowest BCUT2D eigenvalue weighted by Gasteiger charge is -2.02. The third kappa shape index (κ3) is 2.28. The number of aryl methyl sites for hydroxylation is 1. The molecule has 0 atom stereocenters. The third-order valence-corrected chi connectivity index (χ3v) is 2.85. The Kier molecular flexibility index (Phi) is 3.47. The molecule has 0 bridgehead atoms. The van der Waals surface area contributed by atoms with E-state index in [4.69, 9.17) is 4.52 Å². The molecule has 0 amide bonds. The second-order valence-corrected chi connectivity index (χ2v) is 4.53. The molecule has 2 aromatic rings. The molecule has 0 saturated carbocycles. The summed E-state index contributed by atoms with van der Waals surface area (Å²) in [5.41, 5.74) is 0.911. The smallest absolute Gasteiger partial charge is 0.343 e. The van der Waals surface area contributed by atoms with Crippen LogP contribution in [0.25, 0.3) is 11.3 Å². The first kappa shape index (κ1) is 12.8. The van der Waals surface area contributed by atoms with E-state index in [1.807, 2.05) is 0 Å². The number of aromatic nitrogens is 1. The fraction of sp³-hybridized carbons (Fsp3) is 0.167. The minimum absolute atomic E-state index is 0.204. The van der Waals surface area contributed by atoms with Crippen molar-refractivity contribution in [2.24, 2.45) is 0 Å². The van der Waals surface area contributed by atoms with Crippen molar-refractivity contribution in [2.45, 2.75) is 6.92 Å². The van der Waals surface area contributed by atoms with E-state index < -0.39 is 11.8 Å². The molecule has 94 valence electrons. The molecule has 1 aromatic heterocycles. The largest absolute Gasteiger partial charge is 0.465 e. The van der Waals surface area contributed by atoms with Gasteiger partial charge in [0.25, 0.3) is 0 Å². The number of halogens is 2. The topological polar surface area (TPSA) is 52.3 Å². The molecular weight excluding hydrogens is 305 g/mol. The predicted octanol–water partition coefficient (Wildman–Crippen LogP) is 3.34. The molecule has 18 heavy (non-hydrogen) atoms. The maximum absolute atomic E-state index is 13.3. The second kappa shape index (κ2) is 4.89. The maximum atomic E-state index is 13.3. The van der Waals surface area contributed by atoms with Crippen LogP contribution >= 0.6 is 15.9 Å². The van der Waals surface area contributed by atoms with Crippen LogP contribution in [0.15, 0.2) is 27.2 Å². The van der Waals surface area contributed by atoms with Crippen LogP contribution < -0.4 is 0 Å². The Labute approximate surface area is 111 Å². The molecule has 0 radical (unpaired) electrons. The molecule has 0 spiro atoms. The summed E-state index contributed by atoms with van der Waals surface area (Å²) in [7, 11) is 1.26. The summed E-state index contributed by atoms with van der Waals surface area (Å²) in [6.07, 6.45) is 0. The molecule has 0 saturated heterocycles. The SMILES string of the molecule is COC(=O)c1c(-c2cc(F)cc(Br)c2)noc1C. The van der Waals surface area contributed by atoms with Gasteiger partial charge in [0.15, 0.2) is 0 Å². The minimum Gasteiger partial charge on any atom is -0.465 e. The monoisotopic (exact) mass is 313 g/mol. The molecule has 1 heterocycles.